The molecule has 0 amide bonds. The van der Waals surface area contributed by atoms with Crippen molar-refractivity contribution < 1.29 is 0 Å². The molecule has 0 unspecified atom stereocenters. The Labute approximate surface area is 78.8 Å². The minimum absolute atomic E-state index is 0.791. The van der Waals surface area contributed by atoms with E-state index in [1.54, 1.807) is 18.6 Å². The lowest BCUT2D eigenvalue weighted by Crippen LogP contribution is -2.27. The van der Waals surface area contributed by atoms with E-state index in [-0.39, 0.29) is 0 Å². The smallest absolute Gasteiger partial charge is 0.0724 e. The highest BCUT2D eigenvalue weighted by molar-refractivity contribution is 4.93. The standard InChI is InChI=1S/C9H16N4/c1-2-10-3-4-11-7-9-8-12-5-6-13-9/h5-6,8,10-11H,2-4,7H2,1H3. The molecule has 0 saturated carbocycles. The van der Waals surface area contributed by atoms with Gasteiger partial charge in [-0.05, 0) is 6.54 Å². The van der Waals surface area contributed by atoms with E-state index in [9.17, 15) is 0 Å². The fourth-order valence-corrected chi connectivity index (χ4v) is 0.991. The van der Waals surface area contributed by atoms with Crippen LogP contribution in [-0.2, 0) is 6.54 Å². The first kappa shape index (κ1) is 10.1. The molecular weight excluding hydrogens is 164 g/mol. The molecule has 0 fully saturated rings. The summed E-state index contributed by atoms with van der Waals surface area (Å²) in [4.78, 5) is 8.13. The van der Waals surface area contributed by atoms with Gasteiger partial charge < -0.3 is 10.6 Å². The fraction of sp³-hybridized carbons (Fsp3) is 0.556. The minimum atomic E-state index is 0.791. The first-order chi connectivity index (χ1) is 6.43. The lowest BCUT2D eigenvalue weighted by atomic mass is 10.4. The van der Waals surface area contributed by atoms with E-state index in [1.165, 1.54) is 0 Å². The van der Waals surface area contributed by atoms with E-state index in [0.717, 1.165) is 31.9 Å². The molecule has 1 heterocycles. The lowest BCUT2D eigenvalue weighted by Gasteiger charge is -2.03. The third-order valence-corrected chi connectivity index (χ3v) is 1.65. The van der Waals surface area contributed by atoms with E-state index in [1.807, 2.05) is 0 Å². The van der Waals surface area contributed by atoms with Crippen molar-refractivity contribution in [3.8, 4) is 0 Å². The summed E-state index contributed by atoms with van der Waals surface area (Å²) >= 11 is 0. The number of hydrogen-bond donors (Lipinski definition) is 2. The number of hydrogen-bond acceptors (Lipinski definition) is 4. The maximum atomic E-state index is 4.15. The van der Waals surface area contributed by atoms with Crippen molar-refractivity contribution in [3.05, 3.63) is 24.3 Å². The molecule has 2 N–H and O–H groups in total. The molecule has 0 saturated heterocycles. The van der Waals surface area contributed by atoms with Gasteiger partial charge in [0.15, 0.2) is 0 Å². The minimum Gasteiger partial charge on any atom is -0.316 e. The Morgan fingerprint density at radius 1 is 1.23 bits per heavy atom. The Morgan fingerprint density at radius 3 is 2.77 bits per heavy atom. The van der Waals surface area contributed by atoms with Gasteiger partial charge in [0.05, 0.1) is 5.69 Å². The molecule has 0 aromatic carbocycles. The topological polar surface area (TPSA) is 49.8 Å². The van der Waals surface area contributed by atoms with Gasteiger partial charge in [0.2, 0.25) is 0 Å². The summed E-state index contributed by atoms with van der Waals surface area (Å²) in [6, 6.07) is 0. The summed E-state index contributed by atoms with van der Waals surface area (Å²) in [6.45, 7) is 5.87. The number of likely N-dealkylation sites (N-methyl/N-ethyl adjacent to an activating group) is 1. The molecule has 72 valence electrons. The summed E-state index contributed by atoms with van der Waals surface area (Å²) in [5.41, 5.74) is 0.985. The molecule has 0 atom stereocenters. The Balaban J connectivity index is 2.07. The van der Waals surface area contributed by atoms with Crippen molar-refractivity contribution in [1.29, 1.82) is 0 Å². The van der Waals surface area contributed by atoms with Crippen LogP contribution in [0.2, 0.25) is 0 Å². The Hall–Kier alpha value is -1.00. The van der Waals surface area contributed by atoms with Crippen LogP contribution in [0.25, 0.3) is 0 Å². The van der Waals surface area contributed by atoms with E-state index in [2.05, 4.69) is 27.5 Å². The highest BCUT2D eigenvalue weighted by Gasteiger charge is 1.91. The Bertz CT molecular complexity index is 212. The first-order valence-corrected chi connectivity index (χ1v) is 4.60. The maximum absolute atomic E-state index is 4.15. The molecule has 4 nitrogen and oxygen atoms in total. The Kier molecular flexibility index (Phi) is 5.05. The van der Waals surface area contributed by atoms with Crippen molar-refractivity contribution in [2.75, 3.05) is 19.6 Å². The SMILES string of the molecule is CCNCCNCc1cnccn1. The highest BCUT2D eigenvalue weighted by Crippen LogP contribution is 1.87. The second kappa shape index (κ2) is 6.51. The number of rotatable bonds is 6. The maximum Gasteiger partial charge on any atom is 0.0724 e. The van der Waals surface area contributed by atoms with Gasteiger partial charge in [-0.15, -0.1) is 0 Å². The van der Waals surface area contributed by atoms with Crippen molar-refractivity contribution >= 4 is 0 Å². The van der Waals surface area contributed by atoms with Crippen LogP contribution in [0.1, 0.15) is 12.6 Å². The number of nitrogens with zero attached hydrogens (tertiary/aromatic N) is 2. The van der Waals surface area contributed by atoms with Gasteiger partial charge in [-0.25, -0.2) is 0 Å². The predicted molar refractivity (Wildman–Crippen MR) is 52.3 cm³/mol. The monoisotopic (exact) mass is 180 g/mol. The van der Waals surface area contributed by atoms with Crippen LogP contribution in [0.5, 0.6) is 0 Å². The summed E-state index contributed by atoms with van der Waals surface area (Å²) in [7, 11) is 0. The van der Waals surface area contributed by atoms with Crippen molar-refractivity contribution in [2.24, 2.45) is 0 Å². The van der Waals surface area contributed by atoms with E-state index in [4.69, 9.17) is 0 Å². The molecular formula is C9H16N4. The van der Waals surface area contributed by atoms with Crippen LogP contribution < -0.4 is 10.6 Å². The molecule has 1 aromatic rings. The van der Waals surface area contributed by atoms with Crippen LogP contribution in [0.15, 0.2) is 18.6 Å². The van der Waals surface area contributed by atoms with Crippen LogP contribution in [0, 0.1) is 0 Å². The molecule has 1 rings (SSSR count). The zero-order valence-electron chi connectivity index (χ0n) is 7.95. The van der Waals surface area contributed by atoms with Gasteiger partial charge in [-0.3, -0.25) is 9.97 Å². The van der Waals surface area contributed by atoms with E-state index < -0.39 is 0 Å². The third-order valence-electron chi connectivity index (χ3n) is 1.65. The molecule has 0 spiro atoms. The zero-order chi connectivity index (χ0) is 9.36. The molecule has 4 heteroatoms. The molecule has 13 heavy (non-hydrogen) atoms. The van der Waals surface area contributed by atoms with Crippen molar-refractivity contribution in [3.63, 3.8) is 0 Å². The quantitative estimate of drug-likeness (QED) is 0.613. The molecule has 0 aliphatic rings. The predicted octanol–water partition coefficient (Wildman–Crippen LogP) is 0.176. The number of nitrogens with one attached hydrogen (secondary N) is 2. The summed E-state index contributed by atoms with van der Waals surface area (Å²) < 4.78 is 0. The molecule has 0 aliphatic carbocycles. The molecule has 0 aliphatic heterocycles. The van der Waals surface area contributed by atoms with Crippen LogP contribution in [-0.4, -0.2) is 29.6 Å². The summed E-state index contributed by atoms with van der Waals surface area (Å²) in [5, 5.41) is 6.51. The van der Waals surface area contributed by atoms with Gasteiger partial charge in [-0.1, -0.05) is 6.92 Å². The largest absolute Gasteiger partial charge is 0.316 e. The van der Waals surface area contributed by atoms with Crippen LogP contribution in [0.4, 0.5) is 0 Å². The highest BCUT2D eigenvalue weighted by atomic mass is 14.9. The summed E-state index contributed by atoms with van der Waals surface area (Å²) in [5.74, 6) is 0. The molecule has 1 aromatic heterocycles. The van der Waals surface area contributed by atoms with Crippen LogP contribution in [0.3, 0.4) is 0 Å². The van der Waals surface area contributed by atoms with Crippen molar-refractivity contribution in [1.82, 2.24) is 20.6 Å². The zero-order valence-corrected chi connectivity index (χ0v) is 7.95. The average molecular weight is 180 g/mol. The summed E-state index contributed by atoms with van der Waals surface area (Å²) in [6.07, 6.45) is 5.17. The van der Waals surface area contributed by atoms with Crippen LogP contribution >= 0.6 is 0 Å². The third kappa shape index (κ3) is 4.55. The lowest BCUT2D eigenvalue weighted by molar-refractivity contribution is 0.618. The van der Waals surface area contributed by atoms with E-state index >= 15 is 0 Å². The van der Waals surface area contributed by atoms with Crippen molar-refractivity contribution in [2.45, 2.75) is 13.5 Å². The second-order valence-electron chi connectivity index (χ2n) is 2.73. The number of aromatic nitrogens is 2. The molecule has 0 bridgehead atoms. The van der Waals surface area contributed by atoms with Gasteiger partial charge in [0, 0.05) is 38.2 Å². The van der Waals surface area contributed by atoms with Gasteiger partial charge in [-0.2, -0.15) is 0 Å². The Morgan fingerprint density at radius 2 is 2.08 bits per heavy atom. The second-order valence-corrected chi connectivity index (χ2v) is 2.73. The van der Waals surface area contributed by atoms with Gasteiger partial charge in [0.25, 0.3) is 0 Å². The fourth-order valence-electron chi connectivity index (χ4n) is 0.991. The molecule has 0 radical (unpaired) electrons. The van der Waals surface area contributed by atoms with E-state index in [0.29, 0.717) is 0 Å². The van der Waals surface area contributed by atoms with Gasteiger partial charge >= 0.3 is 0 Å². The van der Waals surface area contributed by atoms with Gasteiger partial charge in [0.1, 0.15) is 0 Å². The average Bonchev–Trinajstić information content (AvgIpc) is 2.19. The first-order valence-electron chi connectivity index (χ1n) is 4.60. The normalized spacial score (nSPS) is 10.2.